The highest BCUT2D eigenvalue weighted by Crippen LogP contribution is 2.17. The summed E-state index contributed by atoms with van der Waals surface area (Å²) in [7, 11) is 0. The van der Waals surface area contributed by atoms with Crippen molar-refractivity contribution in [3.8, 4) is 0 Å². The Balaban J connectivity index is 1.56. The Morgan fingerprint density at radius 2 is 1.61 bits per heavy atom. The SMILES string of the molecule is O=C(CN(Cc1ccco1)C(=O)c1ccc(F)cc1)N(Cc1ccccc1)Cc1cccs1. The van der Waals surface area contributed by atoms with E-state index < -0.39 is 5.82 Å². The summed E-state index contributed by atoms with van der Waals surface area (Å²) >= 11 is 1.58. The lowest BCUT2D eigenvalue weighted by molar-refractivity contribution is -0.133. The van der Waals surface area contributed by atoms with Crippen LogP contribution in [0.5, 0.6) is 0 Å². The monoisotopic (exact) mass is 462 g/mol. The molecule has 0 unspecified atom stereocenters. The first-order valence-corrected chi connectivity index (χ1v) is 11.4. The zero-order valence-corrected chi connectivity index (χ0v) is 18.7. The number of amides is 2. The fraction of sp³-hybridized carbons (Fsp3) is 0.154. The van der Waals surface area contributed by atoms with Crippen molar-refractivity contribution < 1.29 is 18.4 Å². The van der Waals surface area contributed by atoms with Gasteiger partial charge in [-0.3, -0.25) is 9.59 Å². The number of halogens is 1. The predicted molar refractivity (Wildman–Crippen MR) is 125 cm³/mol. The van der Waals surface area contributed by atoms with Crippen molar-refractivity contribution in [3.05, 3.63) is 118 Å². The number of hydrogen-bond donors (Lipinski definition) is 0. The van der Waals surface area contributed by atoms with E-state index in [9.17, 15) is 14.0 Å². The van der Waals surface area contributed by atoms with E-state index in [2.05, 4.69) is 0 Å². The van der Waals surface area contributed by atoms with Crippen molar-refractivity contribution in [2.75, 3.05) is 6.54 Å². The summed E-state index contributed by atoms with van der Waals surface area (Å²) < 4.78 is 18.8. The zero-order chi connectivity index (χ0) is 23.0. The molecule has 2 aromatic heterocycles. The first-order chi connectivity index (χ1) is 16.1. The normalized spacial score (nSPS) is 10.7. The van der Waals surface area contributed by atoms with Gasteiger partial charge in [-0.15, -0.1) is 11.3 Å². The number of benzene rings is 2. The first-order valence-electron chi connectivity index (χ1n) is 10.5. The summed E-state index contributed by atoms with van der Waals surface area (Å²) in [6.07, 6.45) is 1.52. The van der Waals surface area contributed by atoms with Gasteiger partial charge in [0.05, 0.1) is 19.4 Å². The highest BCUT2D eigenvalue weighted by molar-refractivity contribution is 7.09. The van der Waals surface area contributed by atoms with Crippen molar-refractivity contribution >= 4 is 23.2 Å². The smallest absolute Gasteiger partial charge is 0.254 e. The number of furan rings is 1. The van der Waals surface area contributed by atoms with Crippen molar-refractivity contribution in [3.63, 3.8) is 0 Å². The average Bonchev–Trinajstić information content (AvgIpc) is 3.53. The molecule has 0 saturated heterocycles. The third-order valence-electron chi connectivity index (χ3n) is 5.13. The van der Waals surface area contributed by atoms with Crippen molar-refractivity contribution in [1.29, 1.82) is 0 Å². The van der Waals surface area contributed by atoms with Gasteiger partial charge in [-0.05, 0) is 53.4 Å². The topological polar surface area (TPSA) is 53.8 Å². The molecule has 168 valence electrons. The van der Waals surface area contributed by atoms with E-state index in [1.807, 2.05) is 47.8 Å². The molecule has 0 N–H and O–H groups in total. The number of thiophene rings is 1. The maximum absolute atomic E-state index is 13.4. The van der Waals surface area contributed by atoms with Crippen LogP contribution in [0.25, 0.3) is 0 Å². The second-order valence-electron chi connectivity index (χ2n) is 7.56. The number of carbonyl (C=O) groups excluding carboxylic acids is 2. The molecule has 33 heavy (non-hydrogen) atoms. The van der Waals surface area contributed by atoms with Crippen LogP contribution in [0.3, 0.4) is 0 Å². The lowest BCUT2D eigenvalue weighted by atomic mass is 10.1. The van der Waals surface area contributed by atoms with Crippen LogP contribution in [0.15, 0.2) is 94.9 Å². The van der Waals surface area contributed by atoms with Gasteiger partial charge in [0, 0.05) is 17.0 Å². The van der Waals surface area contributed by atoms with Gasteiger partial charge in [-0.2, -0.15) is 0 Å². The van der Waals surface area contributed by atoms with Gasteiger partial charge < -0.3 is 14.2 Å². The van der Waals surface area contributed by atoms with E-state index in [0.29, 0.717) is 24.4 Å². The van der Waals surface area contributed by atoms with Crippen LogP contribution < -0.4 is 0 Å². The molecule has 0 bridgehead atoms. The molecule has 4 aromatic rings. The van der Waals surface area contributed by atoms with Crippen molar-refractivity contribution in [1.82, 2.24) is 9.80 Å². The minimum Gasteiger partial charge on any atom is -0.467 e. The molecule has 0 aliphatic heterocycles. The van der Waals surface area contributed by atoms with Gasteiger partial charge in [-0.25, -0.2) is 4.39 Å². The molecular formula is C26H23FN2O3S. The maximum atomic E-state index is 13.4. The van der Waals surface area contributed by atoms with E-state index in [0.717, 1.165) is 10.4 Å². The molecule has 0 saturated carbocycles. The van der Waals surface area contributed by atoms with Crippen molar-refractivity contribution in [2.45, 2.75) is 19.6 Å². The van der Waals surface area contributed by atoms with E-state index in [1.165, 1.54) is 35.4 Å². The Morgan fingerprint density at radius 3 is 2.27 bits per heavy atom. The molecule has 0 fully saturated rings. The van der Waals surface area contributed by atoms with Gasteiger partial charge >= 0.3 is 0 Å². The Morgan fingerprint density at radius 1 is 0.818 bits per heavy atom. The summed E-state index contributed by atoms with van der Waals surface area (Å²) in [5, 5.41) is 1.97. The second-order valence-corrected chi connectivity index (χ2v) is 8.59. The predicted octanol–water partition coefficient (Wildman–Crippen LogP) is 5.35. The highest BCUT2D eigenvalue weighted by Gasteiger charge is 2.24. The average molecular weight is 463 g/mol. The highest BCUT2D eigenvalue weighted by atomic mass is 32.1. The van der Waals surface area contributed by atoms with Crippen LogP contribution in [0.1, 0.15) is 26.6 Å². The molecule has 0 radical (unpaired) electrons. The fourth-order valence-corrected chi connectivity index (χ4v) is 4.17. The minimum atomic E-state index is -0.426. The quantitative estimate of drug-likeness (QED) is 0.337. The van der Waals surface area contributed by atoms with Gasteiger partial charge in [0.2, 0.25) is 5.91 Å². The van der Waals surface area contributed by atoms with Crippen LogP contribution in [0, 0.1) is 5.82 Å². The molecule has 0 aliphatic carbocycles. The Bertz CT molecular complexity index is 1160. The van der Waals surface area contributed by atoms with E-state index in [-0.39, 0.29) is 24.9 Å². The van der Waals surface area contributed by atoms with Crippen LogP contribution >= 0.6 is 11.3 Å². The molecular weight excluding hydrogens is 439 g/mol. The first kappa shape index (κ1) is 22.5. The number of hydrogen-bond acceptors (Lipinski definition) is 4. The fourth-order valence-electron chi connectivity index (χ4n) is 3.46. The summed E-state index contributed by atoms with van der Waals surface area (Å²) in [5.74, 6) is -0.416. The maximum Gasteiger partial charge on any atom is 0.254 e. The molecule has 5 nitrogen and oxygen atoms in total. The third kappa shape index (κ3) is 6.17. The lowest BCUT2D eigenvalue weighted by Crippen LogP contribution is -2.42. The molecule has 0 aliphatic rings. The van der Waals surface area contributed by atoms with Crippen LogP contribution in [0.2, 0.25) is 0 Å². The molecule has 2 heterocycles. The second kappa shape index (κ2) is 10.7. The standard InChI is InChI=1S/C26H23FN2O3S/c27-22-12-10-21(11-13-22)26(31)29(17-23-8-4-14-32-23)19-25(30)28(18-24-9-5-15-33-24)16-20-6-2-1-3-7-20/h1-15H,16-19H2. The Labute approximate surface area is 195 Å². The van der Waals surface area contributed by atoms with Crippen LogP contribution in [-0.2, 0) is 24.4 Å². The molecule has 4 rings (SSSR count). The van der Waals surface area contributed by atoms with Crippen molar-refractivity contribution in [2.24, 2.45) is 0 Å². The number of rotatable bonds is 9. The Hall–Kier alpha value is -3.71. The third-order valence-corrected chi connectivity index (χ3v) is 5.99. The molecule has 2 aromatic carbocycles. The minimum absolute atomic E-state index is 0.130. The Kier molecular flexibility index (Phi) is 7.32. The van der Waals surface area contributed by atoms with Gasteiger partial charge in [0.15, 0.2) is 0 Å². The zero-order valence-electron chi connectivity index (χ0n) is 17.9. The molecule has 0 spiro atoms. The molecule has 0 atom stereocenters. The summed E-state index contributed by atoms with van der Waals surface area (Å²) in [5.41, 5.74) is 1.31. The largest absolute Gasteiger partial charge is 0.467 e. The number of carbonyl (C=O) groups is 2. The lowest BCUT2D eigenvalue weighted by Gasteiger charge is -2.27. The van der Waals surface area contributed by atoms with E-state index in [4.69, 9.17) is 4.42 Å². The van der Waals surface area contributed by atoms with Gasteiger partial charge in [0.25, 0.3) is 5.91 Å². The van der Waals surface area contributed by atoms with E-state index in [1.54, 1.807) is 28.4 Å². The summed E-state index contributed by atoms with van der Waals surface area (Å²) in [4.78, 5) is 30.9. The number of nitrogens with zero attached hydrogens (tertiary/aromatic N) is 2. The molecule has 7 heteroatoms. The summed E-state index contributed by atoms with van der Waals surface area (Å²) in [6.45, 7) is 0.879. The summed E-state index contributed by atoms with van der Waals surface area (Å²) in [6, 6.07) is 22.5. The van der Waals surface area contributed by atoms with Crippen LogP contribution in [-0.4, -0.2) is 28.2 Å². The van der Waals surface area contributed by atoms with Gasteiger partial charge in [0.1, 0.15) is 18.1 Å². The molecule has 2 amide bonds. The van der Waals surface area contributed by atoms with Gasteiger partial charge in [-0.1, -0.05) is 36.4 Å². The van der Waals surface area contributed by atoms with Crippen LogP contribution in [0.4, 0.5) is 4.39 Å². The van der Waals surface area contributed by atoms with E-state index >= 15 is 0 Å².